The number of nitrogens with zero attached hydrogens (tertiary/aromatic N) is 2. The summed E-state index contributed by atoms with van der Waals surface area (Å²) in [5.74, 6) is 0.947. The van der Waals surface area contributed by atoms with Gasteiger partial charge in [-0.2, -0.15) is 4.31 Å². The van der Waals surface area contributed by atoms with E-state index in [0.717, 1.165) is 23.3 Å². The van der Waals surface area contributed by atoms with Gasteiger partial charge < -0.3 is 14.4 Å². The Labute approximate surface area is 236 Å². The van der Waals surface area contributed by atoms with E-state index in [1.165, 1.54) is 14.7 Å². The van der Waals surface area contributed by atoms with Crippen LogP contribution < -0.4 is 4.74 Å². The van der Waals surface area contributed by atoms with Crippen LogP contribution in [0.1, 0.15) is 53.8 Å². The molecule has 0 saturated heterocycles. The summed E-state index contributed by atoms with van der Waals surface area (Å²) in [6, 6.07) is 16.5. The van der Waals surface area contributed by atoms with Crippen molar-refractivity contribution < 1.29 is 22.7 Å². The average molecular weight is 571 g/mol. The number of ether oxygens (including phenoxy) is 2. The maximum Gasteiger partial charge on any atom is 0.243 e. The molecule has 0 saturated carbocycles. The zero-order valence-electron chi connectivity index (χ0n) is 23.1. The molecule has 0 aliphatic carbocycles. The first kappa shape index (κ1) is 29.3. The summed E-state index contributed by atoms with van der Waals surface area (Å²) in [5, 5.41) is 2.04. The van der Waals surface area contributed by atoms with Crippen molar-refractivity contribution in [1.29, 1.82) is 0 Å². The van der Waals surface area contributed by atoms with Gasteiger partial charge in [-0.15, -0.1) is 11.3 Å². The van der Waals surface area contributed by atoms with Crippen molar-refractivity contribution in [2.75, 3.05) is 40.0 Å². The highest BCUT2D eigenvalue weighted by Gasteiger charge is 2.35. The van der Waals surface area contributed by atoms with Crippen LogP contribution in [0.25, 0.3) is 0 Å². The summed E-state index contributed by atoms with van der Waals surface area (Å²) in [5.41, 5.74) is 3.28. The Kier molecular flexibility index (Phi) is 9.82. The highest BCUT2D eigenvalue weighted by atomic mass is 32.2. The number of sulfonamides is 1. The van der Waals surface area contributed by atoms with E-state index in [9.17, 15) is 13.2 Å². The molecular formula is C30H38N2O5S2. The zero-order chi connectivity index (χ0) is 28.0. The van der Waals surface area contributed by atoms with Crippen molar-refractivity contribution in [3.63, 3.8) is 0 Å². The molecule has 1 aliphatic rings. The highest BCUT2D eigenvalue weighted by molar-refractivity contribution is 7.89. The predicted molar refractivity (Wildman–Crippen MR) is 155 cm³/mol. The standard InChI is InChI=1S/C30H38N2O5S2/c1-22(2)24-8-10-25(11-9-24)37-21-28-27-15-19-38-29(27)14-17-32(28)30(33)20-31(16-5-18-36-4)39(34,35)26-12-6-23(3)7-13-26/h6-13,15,19,22,28H,5,14,16-18,20-21H2,1-4H3/t28-/m1/s1. The number of methoxy groups -OCH3 is 1. The molecule has 3 aromatic rings. The Morgan fingerprint density at radius 1 is 1.10 bits per heavy atom. The lowest BCUT2D eigenvalue weighted by Crippen LogP contribution is -2.48. The molecule has 1 aliphatic heterocycles. The van der Waals surface area contributed by atoms with Gasteiger partial charge in [0.2, 0.25) is 15.9 Å². The lowest BCUT2D eigenvalue weighted by Gasteiger charge is -2.37. The summed E-state index contributed by atoms with van der Waals surface area (Å²) >= 11 is 1.69. The minimum Gasteiger partial charge on any atom is -0.491 e. The SMILES string of the molecule is COCCCN(CC(=O)N1CCc2sccc2[C@H]1COc1ccc(C(C)C)cc1)S(=O)(=O)c1ccc(C)cc1. The summed E-state index contributed by atoms with van der Waals surface area (Å²) in [6.07, 6.45) is 1.23. The number of benzene rings is 2. The van der Waals surface area contributed by atoms with Gasteiger partial charge >= 0.3 is 0 Å². The first-order valence-electron chi connectivity index (χ1n) is 13.3. The summed E-state index contributed by atoms with van der Waals surface area (Å²) in [7, 11) is -2.28. The zero-order valence-corrected chi connectivity index (χ0v) is 24.8. The molecule has 9 heteroatoms. The first-order valence-corrected chi connectivity index (χ1v) is 15.7. The second-order valence-corrected chi connectivity index (χ2v) is 13.1. The summed E-state index contributed by atoms with van der Waals surface area (Å²) in [6.45, 7) is 7.38. The van der Waals surface area contributed by atoms with Crippen LogP contribution in [0.2, 0.25) is 0 Å². The van der Waals surface area contributed by atoms with Gasteiger partial charge in [0.15, 0.2) is 0 Å². The van der Waals surface area contributed by atoms with Crippen molar-refractivity contribution >= 4 is 27.3 Å². The third-order valence-electron chi connectivity index (χ3n) is 7.10. The number of rotatable bonds is 12. The normalized spacial score (nSPS) is 15.5. The fourth-order valence-electron chi connectivity index (χ4n) is 4.77. The Balaban J connectivity index is 1.54. The summed E-state index contributed by atoms with van der Waals surface area (Å²) < 4.78 is 39.8. The minimum absolute atomic E-state index is 0.182. The van der Waals surface area contributed by atoms with E-state index in [2.05, 4.69) is 32.0 Å². The third-order valence-corrected chi connectivity index (χ3v) is 9.95. The molecule has 0 spiro atoms. The Hall–Kier alpha value is -2.72. The Morgan fingerprint density at radius 2 is 1.82 bits per heavy atom. The lowest BCUT2D eigenvalue weighted by atomic mass is 10.0. The van der Waals surface area contributed by atoms with Crippen LogP contribution in [0.4, 0.5) is 0 Å². The third kappa shape index (κ3) is 7.08. The largest absolute Gasteiger partial charge is 0.491 e. The molecule has 2 aromatic carbocycles. The highest BCUT2D eigenvalue weighted by Crippen LogP contribution is 2.34. The number of aryl methyl sites for hydroxylation is 1. The van der Waals surface area contributed by atoms with E-state index < -0.39 is 10.0 Å². The Bertz CT molecular complexity index is 1330. The van der Waals surface area contributed by atoms with Crippen LogP contribution in [0.5, 0.6) is 5.75 Å². The topological polar surface area (TPSA) is 76.2 Å². The van der Waals surface area contributed by atoms with Gasteiger partial charge in [0.1, 0.15) is 12.4 Å². The van der Waals surface area contributed by atoms with Crippen molar-refractivity contribution in [3.8, 4) is 5.75 Å². The van der Waals surface area contributed by atoms with Crippen molar-refractivity contribution in [2.24, 2.45) is 0 Å². The second-order valence-electron chi connectivity index (χ2n) is 10.2. The van der Waals surface area contributed by atoms with Crippen molar-refractivity contribution in [1.82, 2.24) is 9.21 Å². The molecule has 0 N–H and O–H groups in total. The van der Waals surface area contributed by atoms with E-state index in [4.69, 9.17) is 9.47 Å². The number of fused-ring (bicyclic) bond motifs is 1. The number of thiophene rings is 1. The summed E-state index contributed by atoms with van der Waals surface area (Å²) in [4.78, 5) is 17.0. The van der Waals surface area contributed by atoms with Gasteiger partial charge in [-0.3, -0.25) is 4.79 Å². The van der Waals surface area contributed by atoms with E-state index in [0.29, 0.717) is 32.1 Å². The van der Waals surface area contributed by atoms with Crippen LogP contribution in [-0.4, -0.2) is 63.5 Å². The molecule has 2 heterocycles. The average Bonchev–Trinajstić information content (AvgIpc) is 3.41. The molecule has 4 rings (SSSR count). The quantitative estimate of drug-likeness (QED) is 0.272. The molecule has 1 atom stereocenters. The van der Waals surface area contributed by atoms with Crippen LogP contribution in [0.15, 0.2) is 64.9 Å². The Morgan fingerprint density at radius 3 is 2.49 bits per heavy atom. The fraction of sp³-hybridized carbons (Fsp3) is 0.433. The molecule has 210 valence electrons. The van der Waals surface area contributed by atoms with Crippen LogP contribution in [-0.2, 0) is 26.0 Å². The van der Waals surface area contributed by atoms with E-state index in [-0.39, 0.29) is 29.9 Å². The van der Waals surface area contributed by atoms with Gasteiger partial charge in [-0.05, 0) is 72.5 Å². The molecule has 1 aromatic heterocycles. The molecule has 1 amide bonds. The number of hydrogen-bond acceptors (Lipinski definition) is 6. The van der Waals surface area contributed by atoms with Gasteiger partial charge in [0.05, 0.1) is 17.5 Å². The maximum absolute atomic E-state index is 13.8. The van der Waals surface area contributed by atoms with Gasteiger partial charge in [0, 0.05) is 31.7 Å². The first-order chi connectivity index (χ1) is 18.7. The molecule has 0 fully saturated rings. The fourth-order valence-corrected chi connectivity index (χ4v) is 7.13. The number of amides is 1. The van der Waals surface area contributed by atoms with Crippen molar-refractivity contribution in [2.45, 2.75) is 50.5 Å². The van der Waals surface area contributed by atoms with E-state index in [1.54, 1.807) is 47.6 Å². The van der Waals surface area contributed by atoms with Gasteiger partial charge in [0.25, 0.3) is 0 Å². The molecule has 0 bridgehead atoms. The van der Waals surface area contributed by atoms with E-state index in [1.807, 2.05) is 24.4 Å². The number of carbonyl (C=O) groups is 1. The molecule has 39 heavy (non-hydrogen) atoms. The second kappa shape index (κ2) is 13.1. The predicted octanol–water partition coefficient (Wildman–Crippen LogP) is 5.41. The molecular weight excluding hydrogens is 532 g/mol. The molecule has 0 unspecified atom stereocenters. The van der Waals surface area contributed by atoms with Crippen LogP contribution >= 0.6 is 11.3 Å². The van der Waals surface area contributed by atoms with Gasteiger partial charge in [-0.25, -0.2) is 8.42 Å². The van der Waals surface area contributed by atoms with E-state index >= 15 is 0 Å². The smallest absolute Gasteiger partial charge is 0.243 e. The van der Waals surface area contributed by atoms with Crippen molar-refractivity contribution in [3.05, 3.63) is 81.5 Å². The number of carbonyl (C=O) groups excluding carboxylic acids is 1. The van der Waals surface area contributed by atoms with Crippen LogP contribution in [0, 0.1) is 6.92 Å². The maximum atomic E-state index is 13.8. The minimum atomic E-state index is -3.86. The molecule has 7 nitrogen and oxygen atoms in total. The van der Waals surface area contributed by atoms with Gasteiger partial charge in [-0.1, -0.05) is 43.7 Å². The number of hydrogen-bond donors (Lipinski definition) is 0. The monoisotopic (exact) mass is 570 g/mol. The lowest BCUT2D eigenvalue weighted by molar-refractivity contribution is -0.135. The molecule has 0 radical (unpaired) electrons. The van der Waals surface area contributed by atoms with Crippen LogP contribution in [0.3, 0.4) is 0 Å².